The molecule has 0 amide bonds. The summed E-state index contributed by atoms with van der Waals surface area (Å²) in [4.78, 5) is 22.0. The van der Waals surface area contributed by atoms with E-state index in [4.69, 9.17) is 16.3 Å². The van der Waals surface area contributed by atoms with E-state index in [-0.39, 0.29) is 23.3 Å². The minimum Gasteiger partial charge on any atom is -0.472 e. The van der Waals surface area contributed by atoms with Crippen molar-refractivity contribution in [1.29, 1.82) is 0 Å². The van der Waals surface area contributed by atoms with Crippen LogP contribution in [0.5, 0.6) is 5.88 Å². The molecule has 0 bridgehead atoms. The normalized spacial score (nSPS) is 10.5. The second kappa shape index (κ2) is 6.58. The van der Waals surface area contributed by atoms with E-state index in [1.807, 2.05) is 30.3 Å². The molecule has 0 fully saturated rings. The van der Waals surface area contributed by atoms with Gasteiger partial charge in [0.1, 0.15) is 12.4 Å². The summed E-state index contributed by atoms with van der Waals surface area (Å²) in [6, 6.07) is 12.1. The van der Waals surface area contributed by atoms with Crippen LogP contribution in [0, 0.1) is 5.95 Å². The minimum absolute atomic E-state index is 0.00788. The van der Waals surface area contributed by atoms with Crippen LogP contribution in [-0.4, -0.2) is 15.0 Å². The average Bonchev–Trinajstić information content (AvgIpc) is 2.57. The molecule has 3 aromatic rings. The van der Waals surface area contributed by atoms with E-state index in [9.17, 15) is 9.18 Å². The molecular formula is C16H11ClFN3O2. The molecule has 3 rings (SSSR count). The van der Waals surface area contributed by atoms with Crippen LogP contribution in [0.15, 0.2) is 53.5 Å². The van der Waals surface area contributed by atoms with Gasteiger partial charge in [0.15, 0.2) is 5.02 Å². The molecule has 1 aromatic carbocycles. The van der Waals surface area contributed by atoms with E-state index in [1.165, 1.54) is 12.3 Å². The summed E-state index contributed by atoms with van der Waals surface area (Å²) in [5, 5.41) is -0.154. The maximum absolute atomic E-state index is 13.2. The zero-order valence-corrected chi connectivity index (χ0v) is 12.5. The number of ether oxygens (including phenoxy) is 1. The van der Waals surface area contributed by atoms with Crippen LogP contribution in [0.1, 0.15) is 5.56 Å². The minimum atomic E-state index is -0.674. The topological polar surface area (TPSA) is 67.9 Å². The summed E-state index contributed by atoms with van der Waals surface area (Å²) >= 11 is 5.93. The Balaban J connectivity index is 1.92. The Labute approximate surface area is 135 Å². The van der Waals surface area contributed by atoms with E-state index in [0.29, 0.717) is 5.56 Å². The smallest absolute Gasteiger partial charge is 0.273 e. The van der Waals surface area contributed by atoms with Gasteiger partial charge in [0, 0.05) is 17.8 Å². The predicted octanol–water partition coefficient (Wildman–Crippen LogP) is 3.20. The van der Waals surface area contributed by atoms with Crippen molar-refractivity contribution in [2.75, 3.05) is 0 Å². The summed E-state index contributed by atoms with van der Waals surface area (Å²) in [6.07, 6.45) is 1.28. The molecule has 116 valence electrons. The largest absolute Gasteiger partial charge is 0.472 e. The number of H-pyrrole nitrogens is 1. The molecule has 1 N–H and O–H groups in total. The van der Waals surface area contributed by atoms with Crippen molar-refractivity contribution in [3.63, 3.8) is 0 Å². The fourth-order valence-electron chi connectivity index (χ4n) is 1.95. The van der Waals surface area contributed by atoms with Crippen molar-refractivity contribution in [3.8, 4) is 17.3 Å². The fourth-order valence-corrected chi connectivity index (χ4v) is 2.09. The summed E-state index contributed by atoms with van der Waals surface area (Å²) in [5.74, 6) is -0.526. The average molecular weight is 332 g/mol. The van der Waals surface area contributed by atoms with Crippen molar-refractivity contribution in [2.24, 2.45) is 0 Å². The van der Waals surface area contributed by atoms with Gasteiger partial charge in [-0.15, -0.1) is 0 Å². The standard InChI is InChI=1S/C16H11ClFN3O2/c17-13-15(22)20-14(11-6-7-19-12(18)8-11)21-16(13)23-9-10-4-2-1-3-5-10/h1-8H,9H2,(H,20,21,22). The van der Waals surface area contributed by atoms with E-state index < -0.39 is 11.5 Å². The molecule has 0 saturated carbocycles. The number of pyridine rings is 1. The SMILES string of the molecule is O=c1[nH]c(-c2ccnc(F)c2)nc(OCc2ccccc2)c1Cl. The maximum atomic E-state index is 13.2. The molecule has 0 aliphatic heterocycles. The number of rotatable bonds is 4. The van der Waals surface area contributed by atoms with E-state index >= 15 is 0 Å². The number of aromatic nitrogens is 3. The van der Waals surface area contributed by atoms with Crippen molar-refractivity contribution in [2.45, 2.75) is 6.61 Å². The molecule has 0 radical (unpaired) electrons. The molecule has 0 unspecified atom stereocenters. The molecule has 0 spiro atoms. The van der Waals surface area contributed by atoms with Gasteiger partial charge >= 0.3 is 0 Å². The first-order valence-corrected chi connectivity index (χ1v) is 7.10. The highest BCUT2D eigenvalue weighted by molar-refractivity contribution is 6.31. The fraction of sp³-hybridized carbons (Fsp3) is 0.0625. The van der Waals surface area contributed by atoms with Crippen molar-refractivity contribution < 1.29 is 9.13 Å². The highest BCUT2D eigenvalue weighted by Crippen LogP contribution is 2.22. The monoisotopic (exact) mass is 331 g/mol. The quantitative estimate of drug-likeness (QED) is 0.745. The highest BCUT2D eigenvalue weighted by Gasteiger charge is 2.13. The van der Waals surface area contributed by atoms with E-state index in [1.54, 1.807) is 0 Å². The van der Waals surface area contributed by atoms with Gasteiger partial charge in [0.25, 0.3) is 5.56 Å². The van der Waals surface area contributed by atoms with Gasteiger partial charge in [-0.3, -0.25) is 4.79 Å². The first-order valence-electron chi connectivity index (χ1n) is 6.72. The summed E-state index contributed by atoms with van der Waals surface area (Å²) in [6.45, 7) is 0.209. The lowest BCUT2D eigenvalue weighted by Gasteiger charge is -2.08. The second-order valence-electron chi connectivity index (χ2n) is 4.68. The summed E-state index contributed by atoms with van der Waals surface area (Å²) in [7, 11) is 0. The summed E-state index contributed by atoms with van der Waals surface area (Å²) < 4.78 is 18.7. The molecule has 0 aliphatic rings. The summed E-state index contributed by atoms with van der Waals surface area (Å²) in [5.41, 5.74) is 0.718. The van der Waals surface area contributed by atoms with Gasteiger partial charge in [-0.2, -0.15) is 9.37 Å². The predicted molar refractivity (Wildman–Crippen MR) is 83.8 cm³/mol. The number of benzene rings is 1. The Morgan fingerprint density at radius 3 is 2.74 bits per heavy atom. The van der Waals surface area contributed by atoms with Crippen molar-refractivity contribution >= 4 is 11.6 Å². The third kappa shape index (κ3) is 3.54. The molecular weight excluding hydrogens is 321 g/mol. The van der Waals surface area contributed by atoms with E-state index in [2.05, 4.69) is 15.0 Å². The van der Waals surface area contributed by atoms with Gasteiger partial charge in [-0.1, -0.05) is 41.9 Å². The Hall–Kier alpha value is -2.73. The third-order valence-electron chi connectivity index (χ3n) is 3.05. The Kier molecular flexibility index (Phi) is 4.34. The highest BCUT2D eigenvalue weighted by atomic mass is 35.5. The first-order chi connectivity index (χ1) is 11.1. The van der Waals surface area contributed by atoms with Crippen LogP contribution < -0.4 is 10.3 Å². The van der Waals surface area contributed by atoms with Crippen LogP contribution in [0.2, 0.25) is 5.02 Å². The van der Waals surface area contributed by atoms with Gasteiger partial charge < -0.3 is 9.72 Å². The van der Waals surface area contributed by atoms with Gasteiger partial charge in [-0.05, 0) is 11.6 Å². The lowest BCUT2D eigenvalue weighted by atomic mass is 10.2. The number of nitrogens with zero attached hydrogens (tertiary/aromatic N) is 2. The van der Waals surface area contributed by atoms with E-state index in [0.717, 1.165) is 11.6 Å². The van der Waals surface area contributed by atoms with Gasteiger partial charge in [-0.25, -0.2) is 4.98 Å². The van der Waals surface area contributed by atoms with Crippen LogP contribution in [0.4, 0.5) is 4.39 Å². The number of aromatic amines is 1. The zero-order chi connectivity index (χ0) is 16.2. The van der Waals surface area contributed by atoms with Crippen molar-refractivity contribution in [1.82, 2.24) is 15.0 Å². The number of nitrogens with one attached hydrogen (secondary N) is 1. The molecule has 7 heteroatoms. The lowest BCUT2D eigenvalue weighted by molar-refractivity contribution is 0.293. The molecule has 0 saturated heterocycles. The Morgan fingerprint density at radius 1 is 1.22 bits per heavy atom. The molecule has 0 atom stereocenters. The van der Waals surface area contributed by atoms with Crippen LogP contribution in [0.25, 0.3) is 11.4 Å². The van der Waals surface area contributed by atoms with Crippen LogP contribution >= 0.6 is 11.6 Å². The molecule has 5 nitrogen and oxygen atoms in total. The first kappa shape index (κ1) is 15.2. The van der Waals surface area contributed by atoms with Crippen molar-refractivity contribution in [3.05, 3.63) is 75.5 Å². The lowest BCUT2D eigenvalue weighted by Crippen LogP contribution is -2.12. The third-order valence-corrected chi connectivity index (χ3v) is 3.38. The molecule has 23 heavy (non-hydrogen) atoms. The van der Waals surface area contributed by atoms with Crippen LogP contribution in [-0.2, 0) is 6.61 Å². The second-order valence-corrected chi connectivity index (χ2v) is 5.05. The number of hydrogen-bond donors (Lipinski definition) is 1. The molecule has 2 aromatic heterocycles. The number of hydrogen-bond acceptors (Lipinski definition) is 4. The Morgan fingerprint density at radius 2 is 2.00 bits per heavy atom. The Bertz CT molecular complexity index is 884. The molecule has 2 heterocycles. The molecule has 0 aliphatic carbocycles. The van der Waals surface area contributed by atoms with Gasteiger partial charge in [0.2, 0.25) is 11.8 Å². The van der Waals surface area contributed by atoms with Crippen LogP contribution in [0.3, 0.4) is 0 Å². The number of halogens is 2. The zero-order valence-electron chi connectivity index (χ0n) is 11.8. The van der Waals surface area contributed by atoms with Gasteiger partial charge in [0.05, 0.1) is 0 Å². The maximum Gasteiger partial charge on any atom is 0.273 e.